The van der Waals surface area contributed by atoms with Gasteiger partial charge in [0.25, 0.3) is 5.56 Å². The first-order valence-corrected chi connectivity index (χ1v) is 7.12. The van der Waals surface area contributed by atoms with E-state index in [1.807, 2.05) is 31.1 Å². The summed E-state index contributed by atoms with van der Waals surface area (Å²) in [4.78, 5) is 14.1. The normalized spacial score (nSPS) is 11.0. The molecule has 7 heteroatoms. The Kier molecular flexibility index (Phi) is 5.41. The molecule has 0 aliphatic heterocycles. The van der Waals surface area contributed by atoms with E-state index in [-0.39, 0.29) is 10.6 Å². The number of anilines is 1. The lowest BCUT2D eigenvalue weighted by atomic mass is 10.3. The highest BCUT2D eigenvalue weighted by Crippen LogP contribution is 2.15. The third-order valence-electron chi connectivity index (χ3n) is 3.01. The van der Waals surface area contributed by atoms with Gasteiger partial charge in [-0.1, -0.05) is 11.6 Å². The molecular weight excluding hydrogens is 292 g/mol. The zero-order valence-electron chi connectivity index (χ0n) is 12.2. The molecule has 0 atom stereocenters. The maximum atomic E-state index is 12.1. The van der Waals surface area contributed by atoms with Crippen LogP contribution >= 0.6 is 11.6 Å². The smallest absolute Gasteiger partial charge is 0.287 e. The van der Waals surface area contributed by atoms with E-state index in [4.69, 9.17) is 16.0 Å². The number of likely N-dealkylation sites (N-methyl/N-ethyl adjacent to an activating group) is 1. The first kappa shape index (κ1) is 15.6. The molecule has 2 rings (SSSR count). The van der Waals surface area contributed by atoms with Crippen LogP contribution < -0.4 is 10.9 Å². The lowest BCUT2D eigenvalue weighted by Gasteiger charge is -2.12. The molecule has 0 radical (unpaired) electrons. The molecule has 0 unspecified atom stereocenters. The Morgan fingerprint density at radius 1 is 1.48 bits per heavy atom. The molecule has 0 bridgehead atoms. The average Bonchev–Trinajstić information content (AvgIpc) is 2.95. The molecule has 1 N–H and O–H groups in total. The van der Waals surface area contributed by atoms with Crippen molar-refractivity contribution in [1.82, 2.24) is 14.7 Å². The molecule has 21 heavy (non-hydrogen) atoms. The maximum absolute atomic E-state index is 12.1. The van der Waals surface area contributed by atoms with Gasteiger partial charge in [0.15, 0.2) is 0 Å². The molecule has 0 aliphatic rings. The summed E-state index contributed by atoms with van der Waals surface area (Å²) >= 11 is 6.10. The summed E-state index contributed by atoms with van der Waals surface area (Å²) in [6, 6.07) is 3.75. The van der Waals surface area contributed by atoms with Crippen LogP contribution in [0.25, 0.3) is 0 Å². The molecule has 0 amide bonds. The zero-order chi connectivity index (χ0) is 15.2. The van der Waals surface area contributed by atoms with Crippen molar-refractivity contribution in [3.05, 3.63) is 45.7 Å². The first-order valence-electron chi connectivity index (χ1n) is 6.74. The number of nitrogens with zero attached hydrogens (tertiary/aromatic N) is 3. The van der Waals surface area contributed by atoms with Crippen LogP contribution in [-0.2, 0) is 13.0 Å². The number of hydrogen-bond acceptors (Lipinski definition) is 5. The Morgan fingerprint density at radius 3 is 2.95 bits per heavy atom. The highest BCUT2D eigenvalue weighted by Gasteiger charge is 2.09. The number of nitrogens with one attached hydrogen (secondary N) is 1. The average molecular weight is 311 g/mol. The Bertz CT molecular complexity index is 622. The molecule has 6 nitrogen and oxygen atoms in total. The van der Waals surface area contributed by atoms with Gasteiger partial charge >= 0.3 is 0 Å². The van der Waals surface area contributed by atoms with Gasteiger partial charge in [-0.2, -0.15) is 5.10 Å². The Hall–Kier alpha value is -1.79. The van der Waals surface area contributed by atoms with Gasteiger partial charge < -0.3 is 14.6 Å². The minimum absolute atomic E-state index is 0.170. The lowest BCUT2D eigenvalue weighted by Crippen LogP contribution is -2.29. The minimum atomic E-state index is -0.276. The summed E-state index contributed by atoms with van der Waals surface area (Å²) in [7, 11) is 3.88. The Morgan fingerprint density at radius 2 is 2.29 bits per heavy atom. The fraction of sp³-hybridized carbons (Fsp3) is 0.429. The standard InChI is InChI=1S/C14H19ClN4O2/c1-18(2)7-8-19-14(20)13(15)12(10-17-19)16-6-5-11-4-3-9-21-11/h3-4,9-10,16H,5-8H2,1-2H3. The maximum Gasteiger partial charge on any atom is 0.287 e. The molecule has 2 aromatic heterocycles. The van der Waals surface area contributed by atoms with Crippen molar-refractivity contribution in [3.63, 3.8) is 0 Å². The minimum Gasteiger partial charge on any atom is -0.469 e. The van der Waals surface area contributed by atoms with Gasteiger partial charge in [-0.05, 0) is 26.2 Å². The summed E-state index contributed by atoms with van der Waals surface area (Å²) < 4.78 is 6.61. The van der Waals surface area contributed by atoms with E-state index in [9.17, 15) is 4.79 Å². The van der Waals surface area contributed by atoms with Crippen LogP contribution in [0.5, 0.6) is 0 Å². The molecule has 0 aromatic carbocycles. The molecule has 0 saturated carbocycles. The molecular formula is C14H19ClN4O2. The van der Waals surface area contributed by atoms with Crippen molar-refractivity contribution < 1.29 is 4.42 Å². The quantitative estimate of drug-likeness (QED) is 0.843. The summed E-state index contributed by atoms with van der Waals surface area (Å²) in [6.07, 6.45) is 3.93. The molecule has 2 heterocycles. The Labute approximate surface area is 128 Å². The topological polar surface area (TPSA) is 63.3 Å². The molecule has 0 aliphatic carbocycles. The number of furan rings is 1. The largest absolute Gasteiger partial charge is 0.469 e. The van der Waals surface area contributed by atoms with Crippen molar-refractivity contribution in [2.75, 3.05) is 32.5 Å². The van der Waals surface area contributed by atoms with Gasteiger partial charge in [0.2, 0.25) is 0 Å². The van der Waals surface area contributed by atoms with Crippen LogP contribution in [0.3, 0.4) is 0 Å². The number of rotatable bonds is 7. The van der Waals surface area contributed by atoms with E-state index in [0.717, 1.165) is 12.3 Å². The van der Waals surface area contributed by atoms with Crippen molar-refractivity contribution in [1.29, 1.82) is 0 Å². The fourth-order valence-corrected chi connectivity index (χ4v) is 2.03. The van der Waals surface area contributed by atoms with Crippen molar-refractivity contribution in [2.24, 2.45) is 0 Å². The van der Waals surface area contributed by atoms with Gasteiger partial charge in [-0.3, -0.25) is 4.79 Å². The molecule has 2 aromatic rings. The predicted octanol–water partition coefficient (Wildman–Crippen LogP) is 1.71. The molecule has 114 valence electrons. The summed E-state index contributed by atoms with van der Waals surface area (Å²) in [5.41, 5.74) is 0.274. The lowest BCUT2D eigenvalue weighted by molar-refractivity contribution is 0.367. The van der Waals surface area contributed by atoms with E-state index in [0.29, 0.717) is 25.2 Å². The molecule has 0 spiro atoms. The first-order chi connectivity index (χ1) is 10.1. The molecule has 0 fully saturated rings. The second-order valence-electron chi connectivity index (χ2n) is 4.96. The van der Waals surface area contributed by atoms with Crippen LogP contribution in [0, 0.1) is 0 Å². The van der Waals surface area contributed by atoms with E-state index in [2.05, 4.69) is 10.4 Å². The summed E-state index contributed by atoms with van der Waals surface area (Å²) in [5.74, 6) is 0.880. The Balaban J connectivity index is 1.97. The van der Waals surface area contributed by atoms with Crippen LogP contribution in [0.1, 0.15) is 5.76 Å². The monoisotopic (exact) mass is 310 g/mol. The van der Waals surface area contributed by atoms with E-state index < -0.39 is 0 Å². The predicted molar refractivity (Wildman–Crippen MR) is 83.0 cm³/mol. The highest BCUT2D eigenvalue weighted by molar-refractivity contribution is 6.32. The highest BCUT2D eigenvalue weighted by atomic mass is 35.5. The third kappa shape index (κ3) is 4.34. The summed E-state index contributed by atoms with van der Waals surface area (Å²) in [5, 5.41) is 7.41. The van der Waals surface area contributed by atoms with E-state index in [1.54, 1.807) is 12.5 Å². The van der Waals surface area contributed by atoms with E-state index >= 15 is 0 Å². The van der Waals surface area contributed by atoms with Gasteiger partial charge in [0.1, 0.15) is 10.8 Å². The SMILES string of the molecule is CN(C)CCn1ncc(NCCc2ccco2)c(Cl)c1=O. The zero-order valence-corrected chi connectivity index (χ0v) is 12.9. The third-order valence-corrected chi connectivity index (χ3v) is 3.38. The fourth-order valence-electron chi connectivity index (χ4n) is 1.82. The van der Waals surface area contributed by atoms with Crippen LogP contribution in [-0.4, -0.2) is 41.9 Å². The van der Waals surface area contributed by atoms with Crippen molar-refractivity contribution in [3.8, 4) is 0 Å². The van der Waals surface area contributed by atoms with Crippen LogP contribution in [0.2, 0.25) is 5.02 Å². The van der Waals surface area contributed by atoms with Gasteiger partial charge in [-0.15, -0.1) is 0 Å². The van der Waals surface area contributed by atoms with E-state index in [1.165, 1.54) is 4.68 Å². The van der Waals surface area contributed by atoms with Crippen molar-refractivity contribution in [2.45, 2.75) is 13.0 Å². The van der Waals surface area contributed by atoms with Gasteiger partial charge in [0.05, 0.1) is 24.7 Å². The second kappa shape index (κ2) is 7.28. The molecule has 0 saturated heterocycles. The second-order valence-corrected chi connectivity index (χ2v) is 5.34. The van der Waals surface area contributed by atoms with Crippen LogP contribution in [0.15, 0.2) is 33.8 Å². The van der Waals surface area contributed by atoms with Gasteiger partial charge in [0, 0.05) is 19.5 Å². The number of hydrogen-bond donors (Lipinski definition) is 1. The van der Waals surface area contributed by atoms with Crippen molar-refractivity contribution >= 4 is 17.3 Å². The van der Waals surface area contributed by atoms with Gasteiger partial charge in [-0.25, -0.2) is 4.68 Å². The number of halogens is 1. The summed E-state index contributed by atoms with van der Waals surface area (Å²) in [6.45, 7) is 1.86. The number of aromatic nitrogens is 2. The van der Waals surface area contributed by atoms with Crippen LogP contribution in [0.4, 0.5) is 5.69 Å².